The maximum Gasteiger partial charge on any atom is 0.256 e. The summed E-state index contributed by atoms with van der Waals surface area (Å²) in [6.07, 6.45) is 2.82. The molecule has 2 aliphatic heterocycles. The minimum absolute atomic E-state index is 0.0987. The van der Waals surface area contributed by atoms with E-state index in [1.807, 2.05) is 48.7 Å². The number of hydrogen-bond donors (Lipinski definition) is 3. The van der Waals surface area contributed by atoms with E-state index in [9.17, 15) is 14.4 Å². The Balaban J connectivity index is 1.07. The predicted molar refractivity (Wildman–Crippen MR) is 131 cm³/mol. The number of benzene rings is 2. The van der Waals surface area contributed by atoms with Crippen LogP contribution in [0.5, 0.6) is 5.75 Å². The molecule has 0 spiro atoms. The second kappa shape index (κ2) is 9.42. The average Bonchev–Trinajstić information content (AvgIpc) is 3.54. The van der Waals surface area contributed by atoms with E-state index in [1.54, 1.807) is 23.8 Å². The molecule has 3 amide bonds. The number of nitrogens with one attached hydrogen (secondary N) is 3. The second-order valence-electron chi connectivity index (χ2n) is 8.37. The van der Waals surface area contributed by atoms with E-state index in [0.717, 1.165) is 27.8 Å². The van der Waals surface area contributed by atoms with Crippen LogP contribution in [0.25, 0.3) is 10.9 Å². The molecule has 9 heteroatoms. The number of aromatic nitrogens is 1. The van der Waals surface area contributed by atoms with Gasteiger partial charge in [0.15, 0.2) is 0 Å². The van der Waals surface area contributed by atoms with Crippen LogP contribution in [0.1, 0.15) is 33.3 Å². The smallest absolute Gasteiger partial charge is 0.256 e. The van der Waals surface area contributed by atoms with Crippen LogP contribution < -0.4 is 15.4 Å². The molecule has 1 saturated heterocycles. The standard InChI is InChI=1S/C25H26N4O4S/c1-33-16-6-7-20-19(12-16)15(13-28-20)8-10-26-22(30)9-11-27-23(31)21-14-34-25-18-5-3-2-4-17(18)24(32)29(21)25/h2-7,12-13,21,25,28H,8-11,14H2,1H3,(H,26,30)(H,27,31). The fraction of sp³-hybridized carbons (Fsp3) is 0.320. The molecule has 2 aliphatic rings. The molecule has 1 fully saturated rings. The Labute approximate surface area is 201 Å². The number of fused-ring (bicyclic) bond motifs is 4. The molecule has 0 saturated carbocycles. The van der Waals surface area contributed by atoms with Crippen LogP contribution in [0, 0.1) is 0 Å². The number of ether oxygens (including phenoxy) is 1. The quantitative estimate of drug-likeness (QED) is 0.462. The highest BCUT2D eigenvalue weighted by atomic mass is 32.2. The van der Waals surface area contributed by atoms with E-state index in [1.165, 1.54) is 0 Å². The summed E-state index contributed by atoms with van der Waals surface area (Å²) in [7, 11) is 1.64. The van der Waals surface area contributed by atoms with Gasteiger partial charge in [-0.1, -0.05) is 18.2 Å². The first-order chi connectivity index (χ1) is 16.6. The van der Waals surface area contributed by atoms with Crippen molar-refractivity contribution in [3.8, 4) is 5.75 Å². The van der Waals surface area contributed by atoms with Crippen molar-refractivity contribution < 1.29 is 19.1 Å². The third-order valence-corrected chi connectivity index (χ3v) is 7.64. The molecule has 176 valence electrons. The first-order valence-electron chi connectivity index (χ1n) is 11.3. The van der Waals surface area contributed by atoms with Crippen LogP contribution in [0.2, 0.25) is 0 Å². The van der Waals surface area contributed by atoms with E-state index in [0.29, 0.717) is 24.3 Å². The number of carbonyl (C=O) groups excluding carboxylic acids is 3. The Kier molecular flexibility index (Phi) is 6.19. The molecule has 0 bridgehead atoms. The number of aromatic amines is 1. The number of thioether (sulfide) groups is 1. The number of H-pyrrole nitrogens is 1. The number of rotatable bonds is 8. The molecule has 3 aromatic rings. The van der Waals surface area contributed by atoms with Crippen molar-refractivity contribution in [2.75, 3.05) is 26.0 Å². The average molecular weight is 479 g/mol. The Bertz CT molecular complexity index is 1260. The van der Waals surface area contributed by atoms with E-state index in [-0.39, 0.29) is 36.1 Å². The number of hydrogen-bond acceptors (Lipinski definition) is 5. The summed E-state index contributed by atoms with van der Waals surface area (Å²) in [6.45, 7) is 0.730. The lowest BCUT2D eigenvalue weighted by atomic mass is 10.1. The molecule has 0 aliphatic carbocycles. The molecule has 3 heterocycles. The Morgan fingerprint density at radius 2 is 2.03 bits per heavy atom. The third-order valence-electron chi connectivity index (χ3n) is 6.34. The van der Waals surface area contributed by atoms with Crippen molar-refractivity contribution in [3.63, 3.8) is 0 Å². The molecule has 2 aromatic carbocycles. The molecule has 1 aromatic heterocycles. The van der Waals surface area contributed by atoms with Gasteiger partial charge in [-0.15, -0.1) is 11.8 Å². The maximum absolute atomic E-state index is 12.8. The van der Waals surface area contributed by atoms with Gasteiger partial charge in [-0.3, -0.25) is 14.4 Å². The molecular weight excluding hydrogens is 452 g/mol. The van der Waals surface area contributed by atoms with Crippen LogP contribution in [0.15, 0.2) is 48.7 Å². The lowest BCUT2D eigenvalue weighted by Crippen LogP contribution is -2.46. The van der Waals surface area contributed by atoms with Gasteiger partial charge in [0.25, 0.3) is 5.91 Å². The van der Waals surface area contributed by atoms with Crippen LogP contribution >= 0.6 is 11.8 Å². The Morgan fingerprint density at radius 3 is 2.88 bits per heavy atom. The maximum atomic E-state index is 12.8. The summed E-state index contributed by atoms with van der Waals surface area (Å²) >= 11 is 1.60. The van der Waals surface area contributed by atoms with E-state index in [4.69, 9.17) is 4.74 Å². The number of nitrogens with zero attached hydrogens (tertiary/aromatic N) is 1. The predicted octanol–water partition coefficient (Wildman–Crippen LogP) is 2.61. The Hall–Kier alpha value is -3.46. The highest BCUT2D eigenvalue weighted by Crippen LogP contribution is 2.48. The molecule has 0 radical (unpaired) electrons. The van der Waals surface area contributed by atoms with Gasteiger partial charge in [0, 0.05) is 47.9 Å². The monoisotopic (exact) mass is 478 g/mol. The van der Waals surface area contributed by atoms with Crippen molar-refractivity contribution in [2.24, 2.45) is 0 Å². The first kappa shape index (κ1) is 22.3. The van der Waals surface area contributed by atoms with E-state index in [2.05, 4.69) is 15.6 Å². The summed E-state index contributed by atoms with van der Waals surface area (Å²) in [5.74, 6) is 0.911. The number of carbonyl (C=O) groups is 3. The largest absolute Gasteiger partial charge is 0.497 e. The fourth-order valence-corrected chi connectivity index (χ4v) is 6.04. The van der Waals surface area contributed by atoms with Crippen LogP contribution in [0.3, 0.4) is 0 Å². The zero-order chi connectivity index (χ0) is 23.7. The van der Waals surface area contributed by atoms with Crippen molar-refractivity contribution in [2.45, 2.75) is 24.3 Å². The third kappa shape index (κ3) is 4.11. The lowest BCUT2D eigenvalue weighted by Gasteiger charge is -2.22. The van der Waals surface area contributed by atoms with Crippen molar-refractivity contribution in [3.05, 3.63) is 65.4 Å². The van der Waals surface area contributed by atoms with Gasteiger partial charge in [0.1, 0.15) is 17.2 Å². The summed E-state index contributed by atoms with van der Waals surface area (Å²) < 4.78 is 5.29. The van der Waals surface area contributed by atoms with Gasteiger partial charge in [-0.05, 0) is 41.8 Å². The summed E-state index contributed by atoms with van der Waals surface area (Å²) in [5, 5.41) is 6.71. The van der Waals surface area contributed by atoms with Gasteiger partial charge in [0.05, 0.1) is 7.11 Å². The highest BCUT2D eigenvalue weighted by Gasteiger charge is 2.48. The topological polar surface area (TPSA) is 104 Å². The highest BCUT2D eigenvalue weighted by molar-refractivity contribution is 7.99. The van der Waals surface area contributed by atoms with E-state index >= 15 is 0 Å². The molecule has 3 N–H and O–H groups in total. The molecule has 8 nitrogen and oxygen atoms in total. The van der Waals surface area contributed by atoms with Crippen LogP contribution in [-0.4, -0.2) is 59.6 Å². The zero-order valence-electron chi connectivity index (χ0n) is 18.8. The summed E-state index contributed by atoms with van der Waals surface area (Å²) in [6, 6.07) is 12.8. The minimum Gasteiger partial charge on any atom is -0.497 e. The molecule has 2 atom stereocenters. The fourth-order valence-electron chi connectivity index (χ4n) is 4.58. The second-order valence-corrected chi connectivity index (χ2v) is 9.48. The van der Waals surface area contributed by atoms with Crippen molar-refractivity contribution >= 4 is 40.4 Å². The zero-order valence-corrected chi connectivity index (χ0v) is 19.6. The van der Waals surface area contributed by atoms with Gasteiger partial charge < -0.3 is 25.3 Å². The first-order valence-corrected chi connectivity index (χ1v) is 12.3. The van der Waals surface area contributed by atoms with Crippen LogP contribution in [-0.2, 0) is 16.0 Å². The molecule has 5 rings (SSSR count). The number of methoxy groups -OCH3 is 1. The molecule has 34 heavy (non-hydrogen) atoms. The van der Waals surface area contributed by atoms with Crippen molar-refractivity contribution in [1.82, 2.24) is 20.5 Å². The van der Waals surface area contributed by atoms with E-state index < -0.39 is 6.04 Å². The Morgan fingerprint density at radius 1 is 1.18 bits per heavy atom. The lowest BCUT2D eigenvalue weighted by molar-refractivity contribution is -0.125. The minimum atomic E-state index is -0.517. The number of amides is 3. The SMILES string of the molecule is COc1ccc2[nH]cc(CCNC(=O)CCNC(=O)C3CSC4c5ccccc5C(=O)N34)c2c1. The van der Waals surface area contributed by atoms with Gasteiger partial charge in [0.2, 0.25) is 11.8 Å². The van der Waals surface area contributed by atoms with Gasteiger partial charge in [-0.25, -0.2) is 0 Å². The summed E-state index contributed by atoms with van der Waals surface area (Å²) in [5.41, 5.74) is 3.77. The van der Waals surface area contributed by atoms with Crippen LogP contribution in [0.4, 0.5) is 0 Å². The normalized spacial score (nSPS) is 18.6. The summed E-state index contributed by atoms with van der Waals surface area (Å²) in [4.78, 5) is 42.7. The molecular formula is C25H26N4O4S. The molecule has 2 unspecified atom stereocenters. The van der Waals surface area contributed by atoms with Crippen molar-refractivity contribution in [1.29, 1.82) is 0 Å². The van der Waals surface area contributed by atoms with Gasteiger partial charge >= 0.3 is 0 Å². The van der Waals surface area contributed by atoms with Gasteiger partial charge in [-0.2, -0.15) is 0 Å².